The van der Waals surface area contributed by atoms with Gasteiger partial charge >= 0.3 is 0 Å². The van der Waals surface area contributed by atoms with Crippen molar-refractivity contribution in [2.24, 2.45) is 0 Å². The van der Waals surface area contributed by atoms with E-state index in [9.17, 15) is 0 Å². The normalized spacial score (nSPS) is 11.0. The first kappa shape index (κ1) is 17.9. The zero-order valence-electron chi connectivity index (χ0n) is 16.4. The van der Waals surface area contributed by atoms with E-state index >= 15 is 0 Å². The Hall–Kier alpha value is -4.20. The number of nitrogens with one attached hydrogen (secondary N) is 2. The highest BCUT2D eigenvalue weighted by atomic mass is 16.5. The third-order valence-electron chi connectivity index (χ3n) is 4.75. The van der Waals surface area contributed by atoms with E-state index < -0.39 is 0 Å². The maximum absolute atomic E-state index is 6.01. The predicted molar refractivity (Wildman–Crippen MR) is 116 cm³/mol. The molecule has 148 valence electrons. The van der Waals surface area contributed by atoms with E-state index in [4.69, 9.17) is 9.15 Å². The fraction of sp³-hybridized carbons (Fsp3) is 0.0909. The van der Waals surface area contributed by atoms with Crippen molar-refractivity contribution >= 4 is 39.3 Å². The molecule has 4 aromatic heterocycles. The number of fused-ring (bicyclic) bond motifs is 2. The molecule has 0 amide bonds. The number of hydrogen-bond donors (Lipinski definition) is 2. The lowest BCUT2D eigenvalue weighted by Crippen LogP contribution is -1.99. The van der Waals surface area contributed by atoms with E-state index in [0.717, 1.165) is 33.4 Å². The van der Waals surface area contributed by atoms with Crippen molar-refractivity contribution in [3.05, 3.63) is 61.1 Å². The van der Waals surface area contributed by atoms with Gasteiger partial charge in [0.05, 0.1) is 12.7 Å². The number of ether oxygens (including phenoxy) is 1. The van der Waals surface area contributed by atoms with Crippen LogP contribution in [0.1, 0.15) is 0 Å². The number of pyridine rings is 3. The van der Waals surface area contributed by atoms with Crippen LogP contribution in [0.4, 0.5) is 17.5 Å². The molecular formula is C22H18N6O2. The molecule has 0 aliphatic carbocycles. The summed E-state index contributed by atoms with van der Waals surface area (Å²) in [6, 6.07) is 13.1. The summed E-state index contributed by atoms with van der Waals surface area (Å²) in [7, 11) is 3.45. The van der Waals surface area contributed by atoms with Gasteiger partial charge in [0.25, 0.3) is 0 Å². The summed E-state index contributed by atoms with van der Waals surface area (Å²) in [6.07, 6.45) is 5.25. The van der Waals surface area contributed by atoms with Crippen LogP contribution in [0.25, 0.3) is 33.3 Å². The summed E-state index contributed by atoms with van der Waals surface area (Å²) in [5.41, 5.74) is 2.17. The second kappa shape index (κ2) is 7.32. The van der Waals surface area contributed by atoms with Crippen LogP contribution >= 0.6 is 0 Å². The van der Waals surface area contributed by atoms with E-state index in [1.165, 1.54) is 0 Å². The van der Waals surface area contributed by atoms with Crippen molar-refractivity contribution < 1.29 is 9.15 Å². The van der Waals surface area contributed by atoms with Gasteiger partial charge in [0.15, 0.2) is 5.58 Å². The van der Waals surface area contributed by atoms with Crippen molar-refractivity contribution in [1.82, 2.24) is 19.9 Å². The second-order valence-corrected chi connectivity index (χ2v) is 6.58. The Bertz CT molecular complexity index is 1350. The van der Waals surface area contributed by atoms with Crippen molar-refractivity contribution in [3.8, 4) is 17.2 Å². The lowest BCUT2D eigenvalue weighted by Gasteiger charge is -2.10. The maximum Gasteiger partial charge on any atom is 0.229 e. The molecule has 0 saturated heterocycles. The van der Waals surface area contributed by atoms with Crippen molar-refractivity contribution in [3.63, 3.8) is 0 Å². The minimum absolute atomic E-state index is 0.480. The fourth-order valence-corrected chi connectivity index (χ4v) is 3.29. The molecule has 0 aliphatic rings. The molecule has 1 aromatic carbocycles. The van der Waals surface area contributed by atoms with Crippen LogP contribution in [0, 0.1) is 0 Å². The third-order valence-corrected chi connectivity index (χ3v) is 4.75. The number of nitrogens with zero attached hydrogens (tertiary/aromatic N) is 4. The molecule has 0 radical (unpaired) electrons. The Morgan fingerprint density at radius 3 is 2.67 bits per heavy atom. The Balaban J connectivity index is 1.66. The number of benzene rings is 1. The van der Waals surface area contributed by atoms with Crippen LogP contribution in [0.3, 0.4) is 0 Å². The van der Waals surface area contributed by atoms with Crippen LogP contribution in [0.15, 0.2) is 65.5 Å². The molecule has 2 N–H and O–H groups in total. The highest BCUT2D eigenvalue weighted by Gasteiger charge is 2.16. The third kappa shape index (κ3) is 3.14. The monoisotopic (exact) mass is 398 g/mol. The maximum atomic E-state index is 6.01. The molecule has 0 fully saturated rings. The molecule has 0 spiro atoms. The van der Waals surface area contributed by atoms with Gasteiger partial charge in [-0.25, -0.2) is 19.9 Å². The molecule has 0 bridgehead atoms. The molecule has 8 nitrogen and oxygen atoms in total. The molecule has 0 saturated carbocycles. The number of anilines is 3. The molecule has 4 heterocycles. The molecule has 5 aromatic rings. The lowest BCUT2D eigenvalue weighted by atomic mass is 10.1. The first-order valence-corrected chi connectivity index (χ1v) is 9.34. The average molecular weight is 398 g/mol. The number of aromatic nitrogens is 4. The number of oxazole rings is 1. The smallest absolute Gasteiger partial charge is 0.229 e. The largest absolute Gasteiger partial charge is 0.497 e. The van der Waals surface area contributed by atoms with Crippen molar-refractivity contribution in [1.29, 1.82) is 0 Å². The first-order valence-electron chi connectivity index (χ1n) is 9.34. The van der Waals surface area contributed by atoms with Crippen LogP contribution in [0.2, 0.25) is 0 Å². The van der Waals surface area contributed by atoms with E-state index in [0.29, 0.717) is 23.1 Å². The van der Waals surface area contributed by atoms with E-state index in [-0.39, 0.29) is 0 Å². The van der Waals surface area contributed by atoms with E-state index in [2.05, 4.69) is 30.6 Å². The summed E-state index contributed by atoms with van der Waals surface area (Å²) < 4.78 is 11.3. The summed E-state index contributed by atoms with van der Waals surface area (Å²) in [4.78, 5) is 18.0. The predicted octanol–water partition coefficient (Wildman–Crippen LogP) is 4.63. The SMILES string of the molecule is CNc1ncc(-c2nc3cc(OC)ccc3o2)c2cc(Nc3ccccn3)ncc12. The van der Waals surface area contributed by atoms with Crippen molar-refractivity contribution in [2.75, 3.05) is 24.8 Å². The summed E-state index contributed by atoms with van der Waals surface area (Å²) >= 11 is 0. The lowest BCUT2D eigenvalue weighted by molar-refractivity contribution is 0.415. The minimum Gasteiger partial charge on any atom is -0.497 e. The highest BCUT2D eigenvalue weighted by molar-refractivity contribution is 6.01. The van der Waals surface area contributed by atoms with Gasteiger partial charge in [0, 0.05) is 42.5 Å². The van der Waals surface area contributed by atoms with Crippen LogP contribution in [-0.4, -0.2) is 34.1 Å². The Morgan fingerprint density at radius 1 is 0.933 bits per heavy atom. The van der Waals surface area contributed by atoms with Crippen molar-refractivity contribution in [2.45, 2.75) is 0 Å². The summed E-state index contributed by atoms with van der Waals surface area (Å²) in [6.45, 7) is 0. The van der Waals surface area contributed by atoms with Gasteiger partial charge in [-0.15, -0.1) is 0 Å². The summed E-state index contributed by atoms with van der Waals surface area (Å²) in [5.74, 6) is 3.30. The zero-order chi connectivity index (χ0) is 20.5. The van der Waals surface area contributed by atoms with Gasteiger partial charge in [-0.2, -0.15) is 0 Å². The van der Waals surface area contributed by atoms with E-state index in [1.54, 1.807) is 25.7 Å². The van der Waals surface area contributed by atoms with Gasteiger partial charge in [-0.3, -0.25) is 0 Å². The molecule has 0 aliphatic heterocycles. The summed E-state index contributed by atoms with van der Waals surface area (Å²) in [5, 5.41) is 8.10. The molecule has 0 unspecified atom stereocenters. The minimum atomic E-state index is 0.480. The second-order valence-electron chi connectivity index (χ2n) is 6.58. The molecule has 5 rings (SSSR count). The molecular weight excluding hydrogens is 380 g/mol. The first-order chi connectivity index (χ1) is 14.7. The Kier molecular flexibility index (Phi) is 4.36. The number of rotatable bonds is 5. The Labute approximate surface area is 172 Å². The number of hydrogen-bond acceptors (Lipinski definition) is 8. The molecule has 8 heteroatoms. The molecule has 0 atom stereocenters. The van der Waals surface area contributed by atoms with Gasteiger partial charge < -0.3 is 19.8 Å². The van der Waals surface area contributed by atoms with Crippen LogP contribution < -0.4 is 15.4 Å². The quantitative estimate of drug-likeness (QED) is 0.442. The van der Waals surface area contributed by atoms with Gasteiger partial charge in [0.1, 0.15) is 28.7 Å². The highest BCUT2D eigenvalue weighted by Crippen LogP contribution is 2.34. The number of methoxy groups -OCH3 is 1. The van der Waals surface area contributed by atoms with E-state index in [1.807, 2.05) is 49.5 Å². The van der Waals surface area contributed by atoms with Gasteiger partial charge in [0.2, 0.25) is 5.89 Å². The molecule has 30 heavy (non-hydrogen) atoms. The zero-order valence-corrected chi connectivity index (χ0v) is 16.4. The van der Waals surface area contributed by atoms with Gasteiger partial charge in [-0.1, -0.05) is 6.07 Å². The van der Waals surface area contributed by atoms with Gasteiger partial charge in [-0.05, 0) is 30.3 Å². The fourth-order valence-electron chi connectivity index (χ4n) is 3.29. The Morgan fingerprint density at radius 2 is 1.87 bits per heavy atom. The van der Waals surface area contributed by atoms with Crippen LogP contribution in [-0.2, 0) is 0 Å². The topological polar surface area (TPSA) is 98.0 Å². The standard InChI is InChI=1S/C22H18N6O2/c1-23-21-15-11-25-20(28-19-5-3-4-8-24-19)10-14(15)16(12-26-21)22-27-17-9-13(29-2)6-7-18(17)30-22/h3-12H,1-2H3,(H,23,26)(H,24,25,28). The van der Waals surface area contributed by atoms with Crippen LogP contribution in [0.5, 0.6) is 5.75 Å². The average Bonchev–Trinajstić information content (AvgIpc) is 3.22.